The zero-order chi connectivity index (χ0) is 16.3. The van der Waals surface area contributed by atoms with Crippen LogP contribution < -0.4 is 10.6 Å². The largest absolute Gasteiger partial charge is 0.352 e. The van der Waals surface area contributed by atoms with Gasteiger partial charge in [-0.05, 0) is 43.4 Å². The summed E-state index contributed by atoms with van der Waals surface area (Å²) in [7, 11) is 0. The number of rotatable bonds is 6. The quantitative estimate of drug-likeness (QED) is 0.832. The third-order valence-electron chi connectivity index (χ3n) is 3.43. The second-order valence-corrected chi connectivity index (χ2v) is 6.91. The van der Waals surface area contributed by atoms with Crippen molar-refractivity contribution in [3.05, 3.63) is 33.8 Å². The molecule has 0 bridgehead atoms. The molecule has 1 aliphatic carbocycles. The zero-order valence-corrected chi connectivity index (χ0v) is 14.2. The highest BCUT2D eigenvalue weighted by Gasteiger charge is 2.29. The molecule has 0 heterocycles. The molecular formula is C16H20Cl2N2O2. The van der Waals surface area contributed by atoms with Crippen LogP contribution in [0.5, 0.6) is 0 Å². The minimum absolute atomic E-state index is 0.130. The summed E-state index contributed by atoms with van der Waals surface area (Å²) in [6, 6.07) is 4.38. The van der Waals surface area contributed by atoms with Gasteiger partial charge in [0.15, 0.2) is 0 Å². The van der Waals surface area contributed by atoms with Gasteiger partial charge in [-0.1, -0.05) is 37.0 Å². The molecule has 1 saturated carbocycles. The van der Waals surface area contributed by atoms with Crippen LogP contribution in [0.3, 0.4) is 0 Å². The third kappa shape index (κ3) is 4.89. The van der Waals surface area contributed by atoms with E-state index in [1.807, 2.05) is 13.8 Å². The maximum Gasteiger partial charge on any atom is 0.253 e. The van der Waals surface area contributed by atoms with Crippen LogP contribution in [-0.2, 0) is 4.79 Å². The Bertz CT molecular complexity index is 571. The molecule has 1 aromatic rings. The Balaban J connectivity index is 2.07. The molecule has 6 heteroatoms. The lowest BCUT2D eigenvalue weighted by molar-refractivity contribution is -0.123. The van der Waals surface area contributed by atoms with Gasteiger partial charge in [0.05, 0.1) is 10.6 Å². The van der Waals surface area contributed by atoms with Gasteiger partial charge in [-0.15, -0.1) is 0 Å². The first-order valence-corrected chi connectivity index (χ1v) is 8.18. The summed E-state index contributed by atoms with van der Waals surface area (Å²) in [6.07, 6.45) is 2.60. The normalized spacial score (nSPS) is 15.5. The Labute approximate surface area is 140 Å². The number of hydrogen-bond acceptors (Lipinski definition) is 2. The molecule has 0 radical (unpaired) electrons. The van der Waals surface area contributed by atoms with Crippen molar-refractivity contribution >= 4 is 35.0 Å². The van der Waals surface area contributed by atoms with E-state index in [9.17, 15) is 9.59 Å². The van der Waals surface area contributed by atoms with Crippen molar-refractivity contribution in [1.29, 1.82) is 0 Å². The molecule has 2 N–H and O–H groups in total. The Hall–Kier alpha value is -1.26. The van der Waals surface area contributed by atoms with Gasteiger partial charge in [0.25, 0.3) is 5.91 Å². The lowest BCUT2D eigenvalue weighted by Crippen LogP contribution is -2.48. The molecule has 1 atom stereocenters. The summed E-state index contributed by atoms with van der Waals surface area (Å²) in [6.45, 7) is 4.03. The van der Waals surface area contributed by atoms with E-state index in [1.165, 1.54) is 6.07 Å². The van der Waals surface area contributed by atoms with Gasteiger partial charge in [0.2, 0.25) is 5.91 Å². The first kappa shape index (κ1) is 17.1. The topological polar surface area (TPSA) is 58.2 Å². The summed E-state index contributed by atoms with van der Waals surface area (Å²) in [5.41, 5.74) is 0.319. The smallest absolute Gasteiger partial charge is 0.253 e. The van der Waals surface area contributed by atoms with Crippen LogP contribution in [0.25, 0.3) is 0 Å². The van der Waals surface area contributed by atoms with Crippen LogP contribution in [0.4, 0.5) is 0 Å². The SMILES string of the molecule is CC(C)CC(NC(=O)c1ccc(Cl)cc1Cl)C(=O)NC1CC1. The highest BCUT2D eigenvalue weighted by Crippen LogP contribution is 2.22. The molecule has 0 saturated heterocycles. The van der Waals surface area contributed by atoms with Crippen molar-refractivity contribution in [1.82, 2.24) is 10.6 Å². The van der Waals surface area contributed by atoms with E-state index in [0.29, 0.717) is 17.0 Å². The first-order chi connectivity index (χ1) is 10.4. The van der Waals surface area contributed by atoms with Gasteiger partial charge in [-0.3, -0.25) is 9.59 Å². The lowest BCUT2D eigenvalue weighted by atomic mass is 10.0. The predicted octanol–water partition coefficient (Wildman–Crippen LogP) is 3.42. The molecule has 0 spiro atoms. The molecular weight excluding hydrogens is 323 g/mol. The Morgan fingerprint density at radius 2 is 1.95 bits per heavy atom. The van der Waals surface area contributed by atoms with E-state index in [-0.39, 0.29) is 28.8 Å². The summed E-state index contributed by atoms with van der Waals surface area (Å²) >= 11 is 11.9. The third-order valence-corrected chi connectivity index (χ3v) is 3.98. The van der Waals surface area contributed by atoms with Gasteiger partial charge >= 0.3 is 0 Å². The van der Waals surface area contributed by atoms with Gasteiger partial charge in [-0.25, -0.2) is 0 Å². The molecule has 0 aromatic heterocycles. The number of carbonyl (C=O) groups is 2. The monoisotopic (exact) mass is 342 g/mol. The molecule has 4 nitrogen and oxygen atoms in total. The van der Waals surface area contributed by atoms with Crippen LogP contribution in [0, 0.1) is 5.92 Å². The number of amides is 2. The zero-order valence-electron chi connectivity index (χ0n) is 12.7. The maximum absolute atomic E-state index is 12.4. The number of halogens is 2. The standard InChI is InChI=1S/C16H20Cl2N2O2/c1-9(2)7-14(16(22)19-11-4-5-11)20-15(21)12-6-3-10(17)8-13(12)18/h3,6,8-9,11,14H,4-5,7H2,1-2H3,(H,19,22)(H,20,21). The van der Waals surface area contributed by atoms with Crippen LogP contribution in [0.15, 0.2) is 18.2 Å². The van der Waals surface area contributed by atoms with Crippen molar-refractivity contribution in [2.45, 2.75) is 45.2 Å². The molecule has 1 aromatic carbocycles. The molecule has 120 valence electrons. The van der Waals surface area contributed by atoms with E-state index in [2.05, 4.69) is 10.6 Å². The van der Waals surface area contributed by atoms with Crippen molar-refractivity contribution in [3.8, 4) is 0 Å². The van der Waals surface area contributed by atoms with E-state index in [0.717, 1.165) is 12.8 Å². The van der Waals surface area contributed by atoms with Crippen molar-refractivity contribution in [2.24, 2.45) is 5.92 Å². The Morgan fingerprint density at radius 1 is 1.27 bits per heavy atom. The Kier molecular flexibility index (Phi) is 5.70. The summed E-state index contributed by atoms with van der Waals surface area (Å²) in [4.78, 5) is 24.6. The highest BCUT2D eigenvalue weighted by molar-refractivity contribution is 6.36. The van der Waals surface area contributed by atoms with E-state index < -0.39 is 6.04 Å². The van der Waals surface area contributed by atoms with Crippen molar-refractivity contribution < 1.29 is 9.59 Å². The molecule has 2 rings (SSSR count). The second kappa shape index (κ2) is 7.34. The highest BCUT2D eigenvalue weighted by atomic mass is 35.5. The molecule has 1 fully saturated rings. The second-order valence-electron chi connectivity index (χ2n) is 6.06. The summed E-state index contributed by atoms with van der Waals surface area (Å²) < 4.78 is 0. The van der Waals surface area contributed by atoms with Gasteiger partial charge in [-0.2, -0.15) is 0 Å². The minimum Gasteiger partial charge on any atom is -0.352 e. The number of benzene rings is 1. The van der Waals surface area contributed by atoms with Gasteiger partial charge in [0, 0.05) is 11.1 Å². The summed E-state index contributed by atoms with van der Waals surface area (Å²) in [5.74, 6) is -0.205. The Morgan fingerprint density at radius 3 is 2.50 bits per heavy atom. The maximum atomic E-state index is 12.4. The van der Waals surface area contributed by atoms with E-state index in [1.54, 1.807) is 12.1 Å². The molecule has 1 aliphatic rings. The average Bonchev–Trinajstić information content (AvgIpc) is 3.21. The van der Waals surface area contributed by atoms with Crippen LogP contribution in [-0.4, -0.2) is 23.9 Å². The van der Waals surface area contributed by atoms with Crippen LogP contribution >= 0.6 is 23.2 Å². The first-order valence-electron chi connectivity index (χ1n) is 7.43. The van der Waals surface area contributed by atoms with Crippen molar-refractivity contribution in [3.63, 3.8) is 0 Å². The van der Waals surface area contributed by atoms with E-state index in [4.69, 9.17) is 23.2 Å². The number of hydrogen-bond donors (Lipinski definition) is 2. The fraction of sp³-hybridized carbons (Fsp3) is 0.500. The fourth-order valence-corrected chi connectivity index (χ4v) is 2.64. The van der Waals surface area contributed by atoms with Gasteiger partial charge < -0.3 is 10.6 Å². The van der Waals surface area contributed by atoms with E-state index >= 15 is 0 Å². The molecule has 22 heavy (non-hydrogen) atoms. The summed E-state index contributed by atoms with van der Waals surface area (Å²) in [5, 5.41) is 6.45. The average molecular weight is 343 g/mol. The lowest BCUT2D eigenvalue weighted by Gasteiger charge is -2.20. The predicted molar refractivity (Wildman–Crippen MR) is 88.3 cm³/mol. The number of nitrogens with one attached hydrogen (secondary N) is 2. The van der Waals surface area contributed by atoms with Crippen LogP contribution in [0.2, 0.25) is 10.0 Å². The molecule has 1 unspecified atom stereocenters. The molecule has 2 amide bonds. The van der Waals surface area contributed by atoms with Gasteiger partial charge in [0.1, 0.15) is 6.04 Å². The molecule has 0 aliphatic heterocycles. The number of carbonyl (C=O) groups excluding carboxylic acids is 2. The fourth-order valence-electron chi connectivity index (χ4n) is 2.14. The minimum atomic E-state index is -0.556. The van der Waals surface area contributed by atoms with Crippen molar-refractivity contribution in [2.75, 3.05) is 0 Å². The van der Waals surface area contributed by atoms with Crippen LogP contribution in [0.1, 0.15) is 43.5 Å².